The summed E-state index contributed by atoms with van der Waals surface area (Å²) in [4.78, 5) is 15.7. The Hall–Kier alpha value is -1.42. The Kier molecular flexibility index (Phi) is 4.77. The van der Waals surface area contributed by atoms with E-state index in [1.165, 1.54) is 0 Å². The summed E-state index contributed by atoms with van der Waals surface area (Å²) in [7, 11) is 0. The quantitative estimate of drug-likeness (QED) is 0.700. The van der Waals surface area contributed by atoms with Gasteiger partial charge in [-0.3, -0.25) is 9.78 Å². The van der Waals surface area contributed by atoms with Crippen LogP contribution in [0.4, 0.5) is 0 Å². The van der Waals surface area contributed by atoms with Crippen LogP contribution in [-0.4, -0.2) is 30.5 Å². The van der Waals surface area contributed by atoms with Crippen molar-refractivity contribution < 1.29 is 4.79 Å². The predicted octanol–water partition coefficient (Wildman–Crippen LogP) is 0.729. The number of hydrogen-bond acceptors (Lipinski definition) is 3. The maximum absolute atomic E-state index is 11.6. The van der Waals surface area contributed by atoms with Gasteiger partial charge in [0, 0.05) is 19.3 Å². The lowest BCUT2D eigenvalue weighted by Gasteiger charge is -2.06. The highest BCUT2D eigenvalue weighted by molar-refractivity contribution is 5.93. The summed E-state index contributed by atoms with van der Waals surface area (Å²) in [6.45, 7) is 6.24. The van der Waals surface area contributed by atoms with Crippen molar-refractivity contribution in [2.24, 2.45) is 0 Å². The van der Waals surface area contributed by atoms with Crippen LogP contribution in [0, 0.1) is 6.92 Å². The van der Waals surface area contributed by atoms with Crippen LogP contribution in [0.5, 0.6) is 0 Å². The molecule has 1 aromatic heterocycles. The van der Waals surface area contributed by atoms with Crippen molar-refractivity contribution >= 4 is 5.91 Å². The van der Waals surface area contributed by atoms with E-state index in [9.17, 15) is 4.79 Å². The summed E-state index contributed by atoms with van der Waals surface area (Å²) < 4.78 is 0. The van der Waals surface area contributed by atoms with Crippen molar-refractivity contribution in [1.29, 1.82) is 0 Å². The van der Waals surface area contributed by atoms with Crippen molar-refractivity contribution in [3.63, 3.8) is 0 Å². The number of carbonyl (C=O) groups is 1. The van der Waals surface area contributed by atoms with E-state index in [1.807, 2.05) is 26.0 Å². The summed E-state index contributed by atoms with van der Waals surface area (Å²) in [5.41, 5.74) is 1.41. The predicted molar refractivity (Wildman–Crippen MR) is 59.9 cm³/mol. The third-order valence-electron chi connectivity index (χ3n) is 2.06. The summed E-state index contributed by atoms with van der Waals surface area (Å²) in [6, 6.07) is 3.71. The standard InChI is InChI=1S/C11H17N3O/c1-3-12-7-8-14-11(15)10-9(2)5-4-6-13-10/h4-6,12H,3,7-8H2,1-2H3,(H,14,15). The largest absolute Gasteiger partial charge is 0.349 e. The average Bonchev–Trinajstić information content (AvgIpc) is 2.25. The van der Waals surface area contributed by atoms with Crippen molar-refractivity contribution in [3.8, 4) is 0 Å². The molecule has 1 amide bonds. The van der Waals surface area contributed by atoms with Crippen LogP contribution in [0.25, 0.3) is 0 Å². The van der Waals surface area contributed by atoms with E-state index in [4.69, 9.17) is 0 Å². The average molecular weight is 207 g/mol. The van der Waals surface area contributed by atoms with Gasteiger partial charge in [0.25, 0.3) is 5.91 Å². The number of aromatic nitrogens is 1. The molecule has 4 heteroatoms. The van der Waals surface area contributed by atoms with E-state index >= 15 is 0 Å². The minimum atomic E-state index is -0.106. The Labute approximate surface area is 90.1 Å². The van der Waals surface area contributed by atoms with Crippen LogP contribution in [0.2, 0.25) is 0 Å². The Balaban J connectivity index is 2.44. The third kappa shape index (κ3) is 3.67. The van der Waals surface area contributed by atoms with Crippen molar-refractivity contribution in [2.45, 2.75) is 13.8 Å². The second-order valence-corrected chi connectivity index (χ2v) is 3.28. The molecule has 0 aliphatic rings. The molecule has 0 aliphatic carbocycles. The van der Waals surface area contributed by atoms with Gasteiger partial charge < -0.3 is 10.6 Å². The number of likely N-dealkylation sites (N-methyl/N-ethyl adjacent to an activating group) is 1. The lowest BCUT2D eigenvalue weighted by molar-refractivity contribution is 0.0948. The summed E-state index contributed by atoms with van der Waals surface area (Å²) >= 11 is 0. The number of amides is 1. The zero-order chi connectivity index (χ0) is 11.1. The van der Waals surface area contributed by atoms with E-state index in [2.05, 4.69) is 15.6 Å². The SMILES string of the molecule is CCNCCNC(=O)c1ncccc1C. The first-order valence-corrected chi connectivity index (χ1v) is 5.16. The molecule has 1 heterocycles. The molecule has 0 atom stereocenters. The van der Waals surface area contributed by atoms with E-state index in [1.54, 1.807) is 6.20 Å². The van der Waals surface area contributed by atoms with E-state index in [0.29, 0.717) is 12.2 Å². The molecule has 0 aromatic carbocycles. The third-order valence-corrected chi connectivity index (χ3v) is 2.06. The lowest BCUT2D eigenvalue weighted by Crippen LogP contribution is -2.32. The molecule has 0 unspecified atom stereocenters. The van der Waals surface area contributed by atoms with Gasteiger partial charge in [-0.15, -0.1) is 0 Å². The second-order valence-electron chi connectivity index (χ2n) is 3.28. The molecule has 4 nitrogen and oxygen atoms in total. The molecule has 0 bridgehead atoms. The lowest BCUT2D eigenvalue weighted by atomic mass is 10.2. The smallest absolute Gasteiger partial charge is 0.270 e. The Bertz CT molecular complexity index is 325. The number of hydrogen-bond donors (Lipinski definition) is 2. The maximum atomic E-state index is 11.6. The topological polar surface area (TPSA) is 54.0 Å². The highest BCUT2D eigenvalue weighted by Crippen LogP contribution is 2.01. The second kappa shape index (κ2) is 6.14. The fourth-order valence-electron chi connectivity index (χ4n) is 1.25. The molecule has 0 saturated carbocycles. The fraction of sp³-hybridized carbons (Fsp3) is 0.455. The van der Waals surface area contributed by atoms with Gasteiger partial charge in [0.15, 0.2) is 0 Å². The van der Waals surface area contributed by atoms with Crippen LogP contribution in [0.15, 0.2) is 18.3 Å². The normalized spacial score (nSPS) is 10.0. The van der Waals surface area contributed by atoms with Crippen molar-refractivity contribution in [1.82, 2.24) is 15.6 Å². The van der Waals surface area contributed by atoms with Gasteiger partial charge in [-0.25, -0.2) is 0 Å². The van der Waals surface area contributed by atoms with E-state index in [-0.39, 0.29) is 5.91 Å². The van der Waals surface area contributed by atoms with Crippen LogP contribution < -0.4 is 10.6 Å². The number of nitrogens with zero attached hydrogens (tertiary/aromatic N) is 1. The number of nitrogens with one attached hydrogen (secondary N) is 2. The molecular weight excluding hydrogens is 190 g/mol. The van der Waals surface area contributed by atoms with Gasteiger partial charge in [0.1, 0.15) is 5.69 Å². The fourth-order valence-corrected chi connectivity index (χ4v) is 1.25. The van der Waals surface area contributed by atoms with Crippen LogP contribution in [0.1, 0.15) is 23.0 Å². The monoisotopic (exact) mass is 207 g/mol. The Morgan fingerprint density at radius 2 is 2.27 bits per heavy atom. The van der Waals surface area contributed by atoms with Crippen LogP contribution in [-0.2, 0) is 0 Å². The first-order valence-electron chi connectivity index (χ1n) is 5.16. The van der Waals surface area contributed by atoms with Gasteiger partial charge in [-0.05, 0) is 25.1 Å². The molecule has 2 N–H and O–H groups in total. The molecule has 1 aromatic rings. The zero-order valence-corrected chi connectivity index (χ0v) is 9.21. The maximum Gasteiger partial charge on any atom is 0.270 e. The first-order chi connectivity index (χ1) is 7.25. The van der Waals surface area contributed by atoms with Gasteiger partial charge >= 0.3 is 0 Å². The minimum absolute atomic E-state index is 0.106. The van der Waals surface area contributed by atoms with Gasteiger partial charge in [0.2, 0.25) is 0 Å². The van der Waals surface area contributed by atoms with Gasteiger partial charge in [-0.2, -0.15) is 0 Å². The number of rotatable bonds is 5. The molecule has 15 heavy (non-hydrogen) atoms. The molecule has 0 fully saturated rings. The highest BCUT2D eigenvalue weighted by atomic mass is 16.1. The molecule has 0 aliphatic heterocycles. The molecule has 0 spiro atoms. The van der Waals surface area contributed by atoms with Crippen molar-refractivity contribution in [2.75, 3.05) is 19.6 Å². The van der Waals surface area contributed by atoms with E-state index < -0.39 is 0 Å². The van der Waals surface area contributed by atoms with Gasteiger partial charge in [-0.1, -0.05) is 13.0 Å². The number of carbonyl (C=O) groups excluding carboxylic acids is 1. The Morgan fingerprint density at radius 3 is 2.93 bits per heavy atom. The van der Waals surface area contributed by atoms with Crippen molar-refractivity contribution in [3.05, 3.63) is 29.6 Å². The molecule has 1 rings (SSSR count). The minimum Gasteiger partial charge on any atom is -0.349 e. The van der Waals surface area contributed by atoms with Crippen LogP contribution in [0.3, 0.4) is 0 Å². The van der Waals surface area contributed by atoms with E-state index in [0.717, 1.165) is 18.7 Å². The Morgan fingerprint density at radius 1 is 1.47 bits per heavy atom. The number of pyridine rings is 1. The number of aryl methyl sites for hydroxylation is 1. The van der Waals surface area contributed by atoms with Crippen LogP contribution >= 0.6 is 0 Å². The van der Waals surface area contributed by atoms with Gasteiger partial charge in [0.05, 0.1) is 0 Å². The highest BCUT2D eigenvalue weighted by Gasteiger charge is 2.08. The first kappa shape index (κ1) is 11.7. The molecule has 82 valence electrons. The molecule has 0 radical (unpaired) electrons. The molecule has 0 saturated heterocycles. The molecular formula is C11H17N3O. The summed E-state index contributed by atoms with van der Waals surface area (Å²) in [5, 5.41) is 5.95. The summed E-state index contributed by atoms with van der Waals surface area (Å²) in [6.07, 6.45) is 1.63. The zero-order valence-electron chi connectivity index (χ0n) is 9.21. The summed E-state index contributed by atoms with van der Waals surface area (Å²) in [5.74, 6) is -0.106.